The standard InChI is InChI=1S/C16H23FN2O.2ClH/c1-3-4-5-15(19-10-8-18-9-11-19)13-6-7-14(17)16(12-13)20-2;;/h3,6-7,12,15,18H,1,4-5,8-11H2,2H3;2*1H/t15-;;/m0../s1. The Morgan fingerprint density at radius 1 is 1.36 bits per heavy atom. The monoisotopic (exact) mass is 350 g/mol. The molecule has 1 aromatic carbocycles. The van der Waals surface area contributed by atoms with Crippen LogP contribution in [0.5, 0.6) is 5.75 Å². The van der Waals surface area contributed by atoms with Crippen LogP contribution in [0.4, 0.5) is 4.39 Å². The molecule has 0 spiro atoms. The summed E-state index contributed by atoms with van der Waals surface area (Å²) in [6.45, 7) is 7.84. The Kier molecular flexibility index (Phi) is 10.4. The van der Waals surface area contributed by atoms with E-state index >= 15 is 0 Å². The molecule has 1 fully saturated rings. The molecule has 126 valence electrons. The van der Waals surface area contributed by atoms with Crippen molar-refractivity contribution < 1.29 is 9.13 Å². The van der Waals surface area contributed by atoms with Gasteiger partial charge in [-0.05, 0) is 30.5 Å². The highest BCUT2D eigenvalue weighted by atomic mass is 35.5. The van der Waals surface area contributed by atoms with Crippen LogP contribution >= 0.6 is 24.8 Å². The van der Waals surface area contributed by atoms with Gasteiger partial charge in [0.15, 0.2) is 11.6 Å². The van der Waals surface area contributed by atoms with Crippen LogP contribution in [-0.2, 0) is 0 Å². The minimum atomic E-state index is -0.306. The lowest BCUT2D eigenvalue weighted by Crippen LogP contribution is -2.45. The molecular formula is C16H25Cl2FN2O. The lowest BCUT2D eigenvalue weighted by molar-refractivity contribution is 0.166. The van der Waals surface area contributed by atoms with Gasteiger partial charge < -0.3 is 10.1 Å². The van der Waals surface area contributed by atoms with Gasteiger partial charge in [-0.1, -0.05) is 12.1 Å². The van der Waals surface area contributed by atoms with Gasteiger partial charge in [-0.25, -0.2) is 4.39 Å². The Labute approximate surface area is 144 Å². The lowest BCUT2D eigenvalue weighted by Gasteiger charge is -2.35. The summed E-state index contributed by atoms with van der Waals surface area (Å²) in [7, 11) is 1.51. The highest BCUT2D eigenvalue weighted by Gasteiger charge is 2.22. The fraction of sp³-hybridized carbons (Fsp3) is 0.500. The van der Waals surface area contributed by atoms with Crippen molar-refractivity contribution in [3.05, 3.63) is 42.2 Å². The largest absolute Gasteiger partial charge is 0.494 e. The summed E-state index contributed by atoms with van der Waals surface area (Å²) >= 11 is 0. The Morgan fingerprint density at radius 3 is 2.64 bits per heavy atom. The zero-order chi connectivity index (χ0) is 14.4. The maximum atomic E-state index is 13.6. The number of allylic oxidation sites excluding steroid dienone is 1. The topological polar surface area (TPSA) is 24.5 Å². The average Bonchev–Trinajstić information content (AvgIpc) is 2.50. The van der Waals surface area contributed by atoms with E-state index in [0.29, 0.717) is 11.8 Å². The Hall–Kier alpha value is -0.810. The smallest absolute Gasteiger partial charge is 0.165 e. The fourth-order valence-electron chi connectivity index (χ4n) is 2.71. The van der Waals surface area contributed by atoms with E-state index in [4.69, 9.17) is 4.74 Å². The molecule has 1 atom stereocenters. The second-order valence-electron chi connectivity index (χ2n) is 5.06. The molecular weight excluding hydrogens is 326 g/mol. The van der Waals surface area contributed by atoms with Crippen LogP contribution in [0.1, 0.15) is 24.4 Å². The molecule has 0 aromatic heterocycles. The molecule has 1 aliphatic heterocycles. The number of benzene rings is 1. The fourth-order valence-corrected chi connectivity index (χ4v) is 2.71. The number of nitrogens with one attached hydrogen (secondary N) is 1. The summed E-state index contributed by atoms with van der Waals surface area (Å²) in [6, 6.07) is 5.49. The number of nitrogens with zero attached hydrogens (tertiary/aromatic N) is 1. The van der Waals surface area contributed by atoms with E-state index < -0.39 is 0 Å². The number of hydrogen-bond acceptors (Lipinski definition) is 3. The molecule has 6 heteroatoms. The SMILES string of the molecule is C=CCC[C@@H](c1ccc(F)c(OC)c1)N1CCNCC1.Cl.Cl. The molecule has 0 saturated carbocycles. The van der Waals surface area contributed by atoms with Gasteiger partial charge in [-0.15, -0.1) is 31.4 Å². The second-order valence-corrected chi connectivity index (χ2v) is 5.06. The Bertz CT molecular complexity index is 454. The molecule has 2 rings (SSSR count). The van der Waals surface area contributed by atoms with Gasteiger partial charge in [0.1, 0.15) is 0 Å². The zero-order valence-corrected chi connectivity index (χ0v) is 14.5. The van der Waals surface area contributed by atoms with E-state index in [1.165, 1.54) is 13.2 Å². The molecule has 0 bridgehead atoms. The maximum absolute atomic E-state index is 13.6. The highest BCUT2D eigenvalue weighted by molar-refractivity contribution is 5.85. The minimum Gasteiger partial charge on any atom is -0.494 e. The summed E-state index contributed by atoms with van der Waals surface area (Å²) in [5.41, 5.74) is 1.12. The first-order valence-electron chi connectivity index (χ1n) is 7.15. The van der Waals surface area contributed by atoms with Crippen LogP contribution in [0.2, 0.25) is 0 Å². The third-order valence-corrected chi connectivity index (χ3v) is 3.80. The van der Waals surface area contributed by atoms with E-state index in [2.05, 4.69) is 16.8 Å². The summed E-state index contributed by atoms with van der Waals surface area (Å²) in [5.74, 6) is 0.0141. The third-order valence-electron chi connectivity index (χ3n) is 3.80. The second kappa shape index (κ2) is 10.8. The van der Waals surface area contributed by atoms with Crippen molar-refractivity contribution in [3.63, 3.8) is 0 Å². The number of rotatable bonds is 6. The highest BCUT2D eigenvalue weighted by Crippen LogP contribution is 2.30. The van der Waals surface area contributed by atoms with E-state index in [9.17, 15) is 4.39 Å². The first-order chi connectivity index (χ1) is 9.76. The molecule has 1 aliphatic rings. The molecule has 1 heterocycles. The molecule has 0 aliphatic carbocycles. The Morgan fingerprint density at radius 2 is 2.05 bits per heavy atom. The van der Waals surface area contributed by atoms with E-state index in [1.54, 1.807) is 0 Å². The molecule has 3 nitrogen and oxygen atoms in total. The van der Waals surface area contributed by atoms with E-state index in [1.807, 2.05) is 18.2 Å². The van der Waals surface area contributed by atoms with Gasteiger partial charge >= 0.3 is 0 Å². The number of hydrogen-bond donors (Lipinski definition) is 1. The first-order valence-corrected chi connectivity index (χ1v) is 7.15. The van der Waals surface area contributed by atoms with Crippen molar-refractivity contribution in [3.8, 4) is 5.75 Å². The van der Waals surface area contributed by atoms with Crippen molar-refractivity contribution in [1.82, 2.24) is 10.2 Å². The van der Waals surface area contributed by atoms with Crippen LogP contribution < -0.4 is 10.1 Å². The van der Waals surface area contributed by atoms with Gasteiger partial charge in [-0.3, -0.25) is 4.90 Å². The van der Waals surface area contributed by atoms with Crippen molar-refractivity contribution in [1.29, 1.82) is 0 Å². The van der Waals surface area contributed by atoms with Crippen LogP contribution in [-0.4, -0.2) is 38.2 Å². The van der Waals surface area contributed by atoms with E-state index in [0.717, 1.165) is 44.6 Å². The van der Waals surface area contributed by atoms with Crippen LogP contribution in [0, 0.1) is 5.82 Å². The number of ether oxygens (including phenoxy) is 1. The molecule has 0 radical (unpaired) electrons. The van der Waals surface area contributed by atoms with E-state index in [-0.39, 0.29) is 30.6 Å². The number of halogens is 3. The molecule has 1 N–H and O–H groups in total. The third kappa shape index (κ3) is 5.43. The van der Waals surface area contributed by atoms with Gasteiger partial charge in [0, 0.05) is 32.2 Å². The van der Waals surface area contributed by atoms with Crippen molar-refractivity contribution in [2.45, 2.75) is 18.9 Å². The quantitative estimate of drug-likeness (QED) is 0.793. The van der Waals surface area contributed by atoms with Gasteiger partial charge in [-0.2, -0.15) is 0 Å². The lowest BCUT2D eigenvalue weighted by atomic mass is 9.99. The predicted octanol–water partition coefficient (Wildman–Crippen LogP) is 3.59. The molecule has 0 amide bonds. The summed E-state index contributed by atoms with van der Waals surface area (Å²) < 4.78 is 18.7. The van der Waals surface area contributed by atoms with Gasteiger partial charge in [0.05, 0.1) is 7.11 Å². The molecule has 22 heavy (non-hydrogen) atoms. The summed E-state index contributed by atoms with van der Waals surface area (Å²) in [6.07, 6.45) is 3.89. The van der Waals surface area contributed by atoms with Gasteiger partial charge in [0.25, 0.3) is 0 Å². The van der Waals surface area contributed by atoms with Gasteiger partial charge in [0.2, 0.25) is 0 Å². The molecule has 1 aromatic rings. The average molecular weight is 351 g/mol. The predicted molar refractivity (Wildman–Crippen MR) is 94.1 cm³/mol. The zero-order valence-electron chi connectivity index (χ0n) is 12.9. The normalized spacial score (nSPS) is 16.1. The maximum Gasteiger partial charge on any atom is 0.165 e. The molecule has 0 unspecified atom stereocenters. The summed E-state index contributed by atoms with van der Waals surface area (Å²) in [4.78, 5) is 2.45. The molecule has 1 saturated heterocycles. The number of piperazine rings is 1. The van der Waals surface area contributed by atoms with Crippen LogP contribution in [0.25, 0.3) is 0 Å². The van der Waals surface area contributed by atoms with Crippen molar-refractivity contribution >= 4 is 24.8 Å². The van der Waals surface area contributed by atoms with Crippen molar-refractivity contribution in [2.24, 2.45) is 0 Å². The minimum absolute atomic E-state index is 0. The first kappa shape index (κ1) is 21.2. The van der Waals surface area contributed by atoms with Crippen LogP contribution in [0.15, 0.2) is 30.9 Å². The Balaban J connectivity index is 0.00000220. The summed E-state index contributed by atoms with van der Waals surface area (Å²) in [5, 5.41) is 3.36. The van der Waals surface area contributed by atoms with Crippen molar-refractivity contribution in [2.75, 3.05) is 33.3 Å². The number of methoxy groups -OCH3 is 1. The van der Waals surface area contributed by atoms with Crippen LogP contribution in [0.3, 0.4) is 0 Å².